The number of carboxylic acid groups (broad SMARTS) is 1. The normalized spacial score (nSPS) is 11.1. The van der Waals surface area contributed by atoms with Gasteiger partial charge in [-0.05, 0) is 43.7 Å². The standard InChI is InChI=1S/C28H25Cl2FN2O4S/c1-3-4-5-11-37-12-7-9-18-8-6-10-20(25(18)31)24-16-38-28(32-24)33-26(34)19-14-22(29)21(23(30)15-19)13-17(2)27(35)36/h6,8,10,13-16H,3-5,11-12H2,1-2H3,(H,35,36)(H,32,33,34). The van der Waals surface area contributed by atoms with Gasteiger partial charge in [0.05, 0.1) is 21.3 Å². The Morgan fingerprint density at radius 2 is 1.97 bits per heavy atom. The Balaban J connectivity index is 1.72. The number of nitrogens with one attached hydrogen (secondary N) is 1. The fourth-order valence-electron chi connectivity index (χ4n) is 3.29. The van der Waals surface area contributed by atoms with E-state index in [1.165, 1.54) is 25.1 Å². The molecule has 3 rings (SSSR count). The number of halogens is 3. The summed E-state index contributed by atoms with van der Waals surface area (Å²) in [5.41, 5.74) is 1.33. The zero-order valence-corrected chi connectivity index (χ0v) is 23.1. The summed E-state index contributed by atoms with van der Waals surface area (Å²) in [4.78, 5) is 28.2. The third-order valence-electron chi connectivity index (χ3n) is 5.33. The van der Waals surface area contributed by atoms with Gasteiger partial charge in [0.1, 0.15) is 12.4 Å². The number of unbranched alkanes of at least 4 members (excludes halogenated alkanes) is 2. The number of ether oxygens (including phenoxy) is 1. The molecule has 0 aliphatic rings. The van der Waals surface area contributed by atoms with Gasteiger partial charge in [-0.1, -0.05) is 60.9 Å². The Kier molecular flexibility index (Phi) is 10.9. The van der Waals surface area contributed by atoms with E-state index in [9.17, 15) is 9.59 Å². The van der Waals surface area contributed by atoms with Gasteiger partial charge in [0.2, 0.25) is 0 Å². The maximum absolute atomic E-state index is 15.1. The lowest BCUT2D eigenvalue weighted by molar-refractivity contribution is -0.132. The number of aromatic nitrogens is 1. The average molecular weight is 575 g/mol. The molecule has 10 heteroatoms. The summed E-state index contributed by atoms with van der Waals surface area (Å²) in [5, 5.41) is 13.8. The average Bonchev–Trinajstić information content (AvgIpc) is 3.34. The van der Waals surface area contributed by atoms with Crippen LogP contribution in [0.1, 0.15) is 54.6 Å². The van der Waals surface area contributed by atoms with Crippen molar-refractivity contribution in [3.8, 4) is 23.1 Å². The van der Waals surface area contributed by atoms with E-state index < -0.39 is 17.7 Å². The molecule has 1 heterocycles. The van der Waals surface area contributed by atoms with Crippen LogP contribution in [0.2, 0.25) is 10.0 Å². The molecule has 0 fully saturated rings. The minimum atomic E-state index is -1.11. The van der Waals surface area contributed by atoms with Crippen molar-refractivity contribution in [3.63, 3.8) is 0 Å². The molecule has 0 radical (unpaired) electrons. The van der Waals surface area contributed by atoms with E-state index in [4.69, 9.17) is 33.0 Å². The molecule has 3 aromatic rings. The minimum absolute atomic E-state index is 0.0411. The van der Waals surface area contributed by atoms with Crippen LogP contribution >= 0.6 is 34.5 Å². The zero-order chi connectivity index (χ0) is 27.7. The first-order valence-corrected chi connectivity index (χ1v) is 13.4. The quantitative estimate of drug-likeness (QED) is 0.148. The van der Waals surface area contributed by atoms with E-state index in [0.29, 0.717) is 17.9 Å². The van der Waals surface area contributed by atoms with Crippen LogP contribution in [0, 0.1) is 17.7 Å². The smallest absolute Gasteiger partial charge is 0.331 e. The number of benzene rings is 2. The highest BCUT2D eigenvalue weighted by atomic mass is 35.5. The summed E-state index contributed by atoms with van der Waals surface area (Å²) in [6.45, 7) is 4.38. The Morgan fingerprint density at radius 1 is 1.24 bits per heavy atom. The fraction of sp³-hybridized carbons (Fsp3) is 0.250. The number of carbonyl (C=O) groups is 2. The van der Waals surface area contributed by atoms with Crippen LogP contribution in [-0.2, 0) is 9.53 Å². The SMILES string of the molecule is CCCCCOCC#Cc1cccc(-c2csc(NC(=O)c3cc(Cl)c(C=C(C)C(=O)O)c(Cl)c3)n2)c1F. The van der Waals surface area contributed by atoms with Crippen molar-refractivity contribution < 1.29 is 23.8 Å². The molecular formula is C28H25Cl2FN2O4S. The molecule has 1 aromatic heterocycles. The van der Waals surface area contributed by atoms with Crippen molar-refractivity contribution in [2.75, 3.05) is 18.5 Å². The maximum Gasteiger partial charge on any atom is 0.331 e. The highest BCUT2D eigenvalue weighted by molar-refractivity contribution is 7.14. The lowest BCUT2D eigenvalue weighted by Crippen LogP contribution is -2.12. The van der Waals surface area contributed by atoms with Gasteiger partial charge in [-0.3, -0.25) is 10.1 Å². The minimum Gasteiger partial charge on any atom is -0.478 e. The second-order valence-electron chi connectivity index (χ2n) is 8.21. The number of anilines is 1. The van der Waals surface area contributed by atoms with E-state index in [1.807, 2.05) is 0 Å². The first kappa shape index (κ1) is 29.3. The molecular weight excluding hydrogens is 550 g/mol. The third-order valence-corrected chi connectivity index (χ3v) is 6.71. The molecule has 0 atom stereocenters. The van der Waals surface area contributed by atoms with Gasteiger partial charge in [-0.25, -0.2) is 14.2 Å². The molecule has 0 saturated heterocycles. The largest absolute Gasteiger partial charge is 0.478 e. The number of hydrogen-bond donors (Lipinski definition) is 2. The number of hydrogen-bond acceptors (Lipinski definition) is 5. The van der Waals surface area contributed by atoms with Crippen molar-refractivity contribution >= 4 is 57.6 Å². The van der Waals surface area contributed by atoms with Gasteiger partial charge in [0, 0.05) is 34.3 Å². The number of carbonyl (C=O) groups excluding carboxylic acids is 1. The predicted octanol–water partition coefficient (Wildman–Crippen LogP) is 7.55. The summed E-state index contributed by atoms with van der Waals surface area (Å²) >= 11 is 13.6. The Bertz CT molecular complexity index is 1400. The van der Waals surface area contributed by atoms with Gasteiger partial charge in [-0.15, -0.1) is 11.3 Å². The lowest BCUT2D eigenvalue weighted by Gasteiger charge is -2.08. The van der Waals surface area contributed by atoms with Gasteiger partial charge in [-0.2, -0.15) is 0 Å². The molecule has 0 aliphatic heterocycles. The Hall–Kier alpha value is -3.22. The van der Waals surface area contributed by atoms with E-state index in [-0.39, 0.29) is 44.0 Å². The van der Waals surface area contributed by atoms with Crippen LogP contribution in [-0.4, -0.2) is 35.2 Å². The molecule has 0 unspecified atom stereocenters. The Labute approximate surface area is 234 Å². The monoisotopic (exact) mass is 574 g/mol. The van der Waals surface area contributed by atoms with Crippen LogP contribution < -0.4 is 5.32 Å². The number of carboxylic acids is 1. The van der Waals surface area contributed by atoms with E-state index in [1.54, 1.807) is 23.6 Å². The third kappa shape index (κ3) is 7.89. The molecule has 0 spiro atoms. The zero-order valence-electron chi connectivity index (χ0n) is 20.7. The molecule has 0 saturated carbocycles. The maximum atomic E-state index is 15.1. The van der Waals surface area contributed by atoms with Crippen LogP contribution in [0.25, 0.3) is 17.3 Å². The van der Waals surface area contributed by atoms with Crippen molar-refractivity contribution in [2.45, 2.75) is 33.1 Å². The van der Waals surface area contributed by atoms with Crippen LogP contribution in [0.4, 0.5) is 9.52 Å². The number of nitrogens with zero attached hydrogens (tertiary/aromatic N) is 1. The fourth-order valence-corrected chi connectivity index (χ4v) is 4.59. The highest BCUT2D eigenvalue weighted by Crippen LogP contribution is 2.31. The molecule has 198 valence electrons. The summed E-state index contributed by atoms with van der Waals surface area (Å²) in [5.74, 6) is 3.49. The number of amides is 1. The predicted molar refractivity (Wildman–Crippen MR) is 150 cm³/mol. The molecule has 6 nitrogen and oxygen atoms in total. The second-order valence-corrected chi connectivity index (χ2v) is 9.88. The van der Waals surface area contributed by atoms with Gasteiger partial charge < -0.3 is 9.84 Å². The van der Waals surface area contributed by atoms with Gasteiger partial charge >= 0.3 is 5.97 Å². The highest BCUT2D eigenvalue weighted by Gasteiger charge is 2.16. The van der Waals surface area contributed by atoms with Crippen molar-refractivity contribution in [1.29, 1.82) is 0 Å². The number of aliphatic carboxylic acids is 1. The van der Waals surface area contributed by atoms with E-state index >= 15 is 4.39 Å². The first-order valence-electron chi connectivity index (χ1n) is 11.7. The van der Waals surface area contributed by atoms with Gasteiger partial charge in [0.15, 0.2) is 5.13 Å². The lowest BCUT2D eigenvalue weighted by atomic mass is 10.1. The van der Waals surface area contributed by atoms with Crippen LogP contribution in [0.5, 0.6) is 0 Å². The van der Waals surface area contributed by atoms with E-state index in [0.717, 1.165) is 30.6 Å². The number of rotatable bonds is 10. The van der Waals surface area contributed by atoms with E-state index in [2.05, 4.69) is 29.1 Å². The van der Waals surface area contributed by atoms with Crippen LogP contribution in [0.3, 0.4) is 0 Å². The second kappa shape index (κ2) is 14.1. The molecule has 2 aromatic carbocycles. The van der Waals surface area contributed by atoms with Crippen molar-refractivity contribution in [3.05, 3.63) is 73.8 Å². The summed E-state index contributed by atoms with van der Waals surface area (Å²) in [6, 6.07) is 7.63. The number of thiazole rings is 1. The Morgan fingerprint density at radius 3 is 2.66 bits per heavy atom. The first-order chi connectivity index (χ1) is 18.2. The topological polar surface area (TPSA) is 88.5 Å². The molecule has 1 amide bonds. The molecule has 0 bridgehead atoms. The molecule has 2 N–H and O–H groups in total. The van der Waals surface area contributed by atoms with Gasteiger partial charge in [0.25, 0.3) is 5.91 Å². The van der Waals surface area contributed by atoms with Crippen molar-refractivity contribution in [2.24, 2.45) is 0 Å². The molecule has 0 aliphatic carbocycles. The van der Waals surface area contributed by atoms with Crippen LogP contribution in [0.15, 0.2) is 41.3 Å². The molecule has 38 heavy (non-hydrogen) atoms. The van der Waals surface area contributed by atoms with Crippen molar-refractivity contribution in [1.82, 2.24) is 4.98 Å². The summed E-state index contributed by atoms with van der Waals surface area (Å²) in [7, 11) is 0. The summed E-state index contributed by atoms with van der Waals surface area (Å²) < 4.78 is 20.5. The summed E-state index contributed by atoms with van der Waals surface area (Å²) in [6.07, 6.45) is 4.51.